The second-order valence-electron chi connectivity index (χ2n) is 7.80. The van der Waals surface area contributed by atoms with Crippen LogP contribution in [0.5, 0.6) is 11.5 Å². The van der Waals surface area contributed by atoms with E-state index in [1.165, 1.54) is 30.0 Å². The van der Waals surface area contributed by atoms with Gasteiger partial charge in [-0.3, -0.25) is 14.4 Å². The summed E-state index contributed by atoms with van der Waals surface area (Å²) in [4.78, 5) is 58.3. The first-order chi connectivity index (χ1) is 15.7. The van der Waals surface area contributed by atoms with Crippen molar-refractivity contribution in [2.75, 3.05) is 26.3 Å². The van der Waals surface area contributed by atoms with Gasteiger partial charge in [0.15, 0.2) is 17.3 Å². The quantitative estimate of drug-likeness (QED) is 0.155. The molecule has 2 rings (SSSR count). The van der Waals surface area contributed by atoms with E-state index in [1.54, 1.807) is 0 Å². The van der Waals surface area contributed by atoms with Crippen molar-refractivity contribution in [1.82, 2.24) is 10.2 Å². The van der Waals surface area contributed by atoms with E-state index in [4.69, 9.17) is 9.47 Å². The van der Waals surface area contributed by atoms with Crippen LogP contribution in [0, 0.1) is 5.92 Å². The summed E-state index contributed by atoms with van der Waals surface area (Å²) in [7, 11) is 0. The molecule has 0 aliphatic heterocycles. The van der Waals surface area contributed by atoms with Gasteiger partial charge in [-0.2, -0.15) is 0 Å². The van der Waals surface area contributed by atoms with Crippen molar-refractivity contribution in [3.05, 3.63) is 23.8 Å². The fourth-order valence-corrected chi connectivity index (χ4v) is 3.67. The molecule has 2 amide bonds. The van der Waals surface area contributed by atoms with Crippen molar-refractivity contribution in [3.63, 3.8) is 0 Å². The summed E-state index contributed by atoms with van der Waals surface area (Å²) in [5, 5.41) is 24.1. The van der Waals surface area contributed by atoms with Gasteiger partial charge >= 0.3 is 59.1 Å². The first kappa shape index (κ1) is 33.4. The Morgan fingerprint density at radius 2 is 1.57 bits per heavy atom. The Morgan fingerprint density at radius 1 is 1.00 bits per heavy atom. The van der Waals surface area contributed by atoms with Crippen molar-refractivity contribution < 1.29 is 103 Å². The average molecular weight is 508 g/mol. The molecule has 1 fully saturated rings. The Morgan fingerprint density at radius 3 is 2.09 bits per heavy atom. The van der Waals surface area contributed by atoms with Crippen LogP contribution in [-0.2, 0) is 19.2 Å². The van der Waals surface area contributed by atoms with E-state index in [0.717, 1.165) is 12.8 Å². The molecule has 13 heteroatoms. The van der Waals surface area contributed by atoms with Gasteiger partial charge in [-0.25, -0.2) is 0 Å². The molecule has 0 aromatic heterocycles. The maximum Gasteiger partial charge on any atom is 1.00 e. The molecule has 0 heterocycles. The predicted molar refractivity (Wildman–Crippen MR) is 109 cm³/mol. The van der Waals surface area contributed by atoms with Crippen molar-refractivity contribution in [2.24, 2.45) is 5.92 Å². The summed E-state index contributed by atoms with van der Waals surface area (Å²) in [6, 6.07) is 3.76. The summed E-state index contributed by atoms with van der Waals surface area (Å²) >= 11 is 0. The minimum absolute atomic E-state index is 0. The number of carboxylic acid groups (broad SMARTS) is 2. The van der Waals surface area contributed by atoms with Crippen LogP contribution >= 0.6 is 0 Å². The molecule has 0 spiro atoms. The van der Waals surface area contributed by atoms with Gasteiger partial charge in [-0.15, -0.1) is 0 Å². The van der Waals surface area contributed by atoms with Gasteiger partial charge in [0.1, 0.15) is 13.2 Å². The maximum absolute atomic E-state index is 12.8. The van der Waals surface area contributed by atoms with Gasteiger partial charge in [-0.1, -0.05) is 0 Å². The largest absolute Gasteiger partial charge is 1.00 e. The summed E-state index contributed by atoms with van der Waals surface area (Å²) in [5.41, 5.74) is 0.135. The second kappa shape index (κ2) is 16.9. The standard InChI is InChI=1S/C22H28N2O9.2Na/c1-14(26)23-9-15-2-5-17(6-3-15)24(13-25)10-18(27)16-4-7-19(32-11-21(28)29)20(8-16)33-12-22(30)31;;/h4,7-8,13,15,17H,2-3,5-6,9-12H2,1H3,(H,23,26)(H,28,29)(H,30,31);;/q;2*+1/p-2/t15-,17-;;. The number of carbonyl (C=O) groups excluding carboxylic acids is 5. The molecule has 1 saturated carbocycles. The number of Topliss-reactive ketones (excluding diaryl/α,β-unsaturated/α-hetero) is 1. The second-order valence-corrected chi connectivity index (χ2v) is 7.80. The molecule has 0 unspecified atom stereocenters. The number of ketones is 1. The molecule has 1 aliphatic rings. The van der Waals surface area contributed by atoms with E-state index in [9.17, 15) is 34.2 Å². The fourth-order valence-electron chi connectivity index (χ4n) is 3.67. The number of carboxylic acids is 2. The van der Waals surface area contributed by atoms with Gasteiger partial charge in [0.05, 0.1) is 18.5 Å². The van der Waals surface area contributed by atoms with Crippen LogP contribution in [0.1, 0.15) is 43.0 Å². The van der Waals surface area contributed by atoms with Crippen LogP contribution < -0.4 is 84.1 Å². The molecular formula is C22H26N2Na2O9. The molecule has 0 saturated heterocycles. The Bertz CT molecular complexity index is 890. The maximum atomic E-state index is 12.8. The van der Waals surface area contributed by atoms with Crippen LogP contribution in [-0.4, -0.2) is 67.3 Å². The van der Waals surface area contributed by atoms with Crippen molar-refractivity contribution in [2.45, 2.75) is 38.6 Å². The van der Waals surface area contributed by atoms with E-state index in [-0.39, 0.29) is 94.7 Å². The molecule has 0 atom stereocenters. The van der Waals surface area contributed by atoms with Gasteiger partial charge in [0, 0.05) is 25.1 Å². The fraction of sp³-hybridized carbons (Fsp3) is 0.500. The Kier molecular flexibility index (Phi) is 16.1. The molecule has 0 bridgehead atoms. The van der Waals surface area contributed by atoms with Gasteiger partial charge in [-0.05, 0) is 49.8 Å². The van der Waals surface area contributed by atoms with Crippen LogP contribution in [0.4, 0.5) is 0 Å². The molecule has 180 valence electrons. The Hall–Kier alpha value is -1.63. The Labute approximate surface area is 247 Å². The molecule has 11 nitrogen and oxygen atoms in total. The van der Waals surface area contributed by atoms with Gasteiger partial charge in [0.25, 0.3) is 0 Å². The molecule has 1 aromatic rings. The SMILES string of the molecule is CC(=O)NC[C@H]1CC[C@H](N(C=O)CC(=O)c2ccc(OCC(=O)[O-])c(OCC(=O)[O-])c2)CC1.[Na+].[Na+]. The van der Waals surface area contributed by atoms with E-state index in [1.807, 2.05) is 0 Å². The summed E-state index contributed by atoms with van der Waals surface area (Å²) in [5.74, 6) is -3.41. The third-order valence-electron chi connectivity index (χ3n) is 5.34. The van der Waals surface area contributed by atoms with Crippen LogP contribution in [0.25, 0.3) is 0 Å². The van der Waals surface area contributed by atoms with Crippen LogP contribution in [0.2, 0.25) is 0 Å². The first-order valence-electron chi connectivity index (χ1n) is 10.5. The van der Waals surface area contributed by atoms with E-state index in [0.29, 0.717) is 31.7 Å². The summed E-state index contributed by atoms with van der Waals surface area (Å²) in [6.45, 7) is 0.231. The Balaban J connectivity index is 0.00000578. The topological polar surface area (TPSA) is 165 Å². The number of hydrogen-bond donors (Lipinski definition) is 1. The summed E-state index contributed by atoms with van der Waals surface area (Å²) in [6.07, 6.45) is 3.66. The normalized spacial score (nSPS) is 16.5. The molecule has 1 aliphatic carbocycles. The first-order valence-corrected chi connectivity index (χ1v) is 10.5. The van der Waals surface area contributed by atoms with E-state index >= 15 is 0 Å². The molecular weight excluding hydrogens is 482 g/mol. The molecule has 35 heavy (non-hydrogen) atoms. The third kappa shape index (κ3) is 11.8. The zero-order valence-electron chi connectivity index (χ0n) is 20.2. The zero-order chi connectivity index (χ0) is 24.4. The zero-order valence-corrected chi connectivity index (χ0v) is 24.2. The van der Waals surface area contributed by atoms with Gasteiger partial charge in [0.2, 0.25) is 12.3 Å². The number of nitrogens with one attached hydrogen (secondary N) is 1. The van der Waals surface area contributed by atoms with E-state index < -0.39 is 30.9 Å². The number of carbonyl (C=O) groups is 5. The molecule has 1 aromatic carbocycles. The minimum Gasteiger partial charge on any atom is -0.546 e. The number of aliphatic carboxylic acids is 2. The van der Waals surface area contributed by atoms with Crippen molar-refractivity contribution in [3.8, 4) is 11.5 Å². The number of nitrogens with zero attached hydrogens (tertiary/aromatic N) is 1. The molecule has 1 N–H and O–H groups in total. The molecule has 0 radical (unpaired) electrons. The van der Waals surface area contributed by atoms with Gasteiger partial charge < -0.3 is 39.5 Å². The average Bonchev–Trinajstić information content (AvgIpc) is 2.78. The summed E-state index contributed by atoms with van der Waals surface area (Å²) < 4.78 is 10.1. The number of rotatable bonds is 13. The number of benzene rings is 1. The van der Waals surface area contributed by atoms with Crippen LogP contribution in [0.15, 0.2) is 18.2 Å². The van der Waals surface area contributed by atoms with Crippen LogP contribution in [0.3, 0.4) is 0 Å². The van der Waals surface area contributed by atoms with Crippen molar-refractivity contribution in [1.29, 1.82) is 0 Å². The van der Waals surface area contributed by atoms with Crippen molar-refractivity contribution >= 4 is 30.0 Å². The minimum atomic E-state index is -1.51. The number of ether oxygens (including phenoxy) is 2. The van der Waals surface area contributed by atoms with E-state index in [2.05, 4.69) is 5.32 Å². The monoisotopic (exact) mass is 508 g/mol. The smallest absolute Gasteiger partial charge is 0.546 e. The third-order valence-corrected chi connectivity index (χ3v) is 5.34. The number of amides is 2. The number of hydrogen-bond acceptors (Lipinski definition) is 9. The predicted octanol–water partition coefficient (Wildman–Crippen LogP) is -7.71.